The van der Waals surface area contributed by atoms with Crippen LogP contribution in [0.1, 0.15) is 33.3 Å². The minimum atomic E-state index is -0.658. The van der Waals surface area contributed by atoms with Crippen molar-refractivity contribution in [2.45, 2.75) is 39.3 Å². The Kier molecular flexibility index (Phi) is 6.55. The van der Waals surface area contributed by atoms with Gasteiger partial charge in [0.15, 0.2) is 0 Å². The molecular weight excluding hydrogens is 424 g/mol. The lowest BCUT2D eigenvalue weighted by Gasteiger charge is -2.41. The monoisotopic (exact) mass is 449 g/mol. The van der Waals surface area contributed by atoms with Crippen LogP contribution in [0.25, 0.3) is 11.1 Å². The van der Waals surface area contributed by atoms with Gasteiger partial charge < -0.3 is 14.5 Å². The summed E-state index contributed by atoms with van der Waals surface area (Å²) in [6.45, 7) is 8.32. The number of rotatable bonds is 2. The van der Waals surface area contributed by atoms with Gasteiger partial charge in [0.25, 0.3) is 0 Å². The van der Waals surface area contributed by atoms with Gasteiger partial charge >= 0.3 is 6.09 Å². The second kappa shape index (κ2) is 8.83. The standard InChI is InChI=1S/C23H26ClF2N3O2/c1-14-13-28(22(30)31-23(2,3)4)9-10-29(14)21(27)17-11-18(24)16(12-20(17)26)15-7-5-6-8-19(15)25/h5-8,11-12,14,27H,9-10,13H2,1-4H3. The van der Waals surface area contributed by atoms with E-state index in [4.69, 9.17) is 21.7 Å². The number of nitrogens with zero attached hydrogens (tertiary/aromatic N) is 2. The molecule has 1 unspecified atom stereocenters. The molecule has 2 aromatic rings. The number of hydrogen-bond donors (Lipinski definition) is 1. The normalized spacial score (nSPS) is 16.9. The molecule has 3 rings (SSSR count). The Morgan fingerprint density at radius 3 is 2.42 bits per heavy atom. The molecule has 0 radical (unpaired) electrons. The maximum Gasteiger partial charge on any atom is 0.410 e. The zero-order valence-corrected chi connectivity index (χ0v) is 18.8. The van der Waals surface area contributed by atoms with Gasteiger partial charge in [0.1, 0.15) is 23.1 Å². The van der Waals surface area contributed by atoms with Gasteiger partial charge in [0, 0.05) is 41.8 Å². The molecule has 0 bridgehead atoms. The highest BCUT2D eigenvalue weighted by Gasteiger charge is 2.32. The van der Waals surface area contributed by atoms with Gasteiger partial charge in [-0.25, -0.2) is 13.6 Å². The van der Waals surface area contributed by atoms with Crippen molar-refractivity contribution < 1.29 is 18.3 Å². The van der Waals surface area contributed by atoms with Crippen molar-refractivity contribution in [3.05, 3.63) is 58.6 Å². The summed E-state index contributed by atoms with van der Waals surface area (Å²) in [5.74, 6) is -1.19. The fourth-order valence-electron chi connectivity index (χ4n) is 3.55. The first-order chi connectivity index (χ1) is 14.5. The van der Waals surface area contributed by atoms with Crippen molar-refractivity contribution in [3.8, 4) is 11.1 Å². The number of benzene rings is 2. The summed E-state index contributed by atoms with van der Waals surface area (Å²) in [5, 5.41) is 8.70. The molecule has 0 saturated carbocycles. The summed E-state index contributed by atoms with van der Waals surface area (Å²) in [6, 6.07) is 8.29. The van der Waals surface area contributed by atoms with Gasteiger partial charge in [-0.3, -0.25) is 5.41 Å². The zero-order valence-electron chi connectivity index (χ0n) is 18.0. The number of carbonyl (C=O) groups is 1. The van der Waals surface area contributed by atoms with Crippen LogP contribution in [-0.2, 0) is 4.74 Å². The summed E-state index contributed by atoms with van der Waals surface area (Å²) in [4.78, 5) is 15.6. The van der Waals surface area contributed by atoms with Crippen molar-refractivity contribution in [2.24, 2.45) is 0 Å². The van der Waals surface area contributed by atoms with Gasteiger partial charge in [0.2, 0.25) is 0 Å². The van der Waals surface area contributed by atoms with E-state index >= 15 is 0 Å². The number of carbonyl (C=O) groups excluding carboxylic acids is 1. The summed E-state index contributed by atoms with van der Waals surface area (Å²) >= 11 is 6.34. The number of amidine groups is 1. The van der Waals surface area contributed by atoms with Gasteiger partial charge in [0.05, 0.1) is 5.56 Å². The highest BCUT2D eigenvalue weighted by Crippen LogP contribution is 2.33. The Morgan fingerprint density at radius 1 is 1.13 bits per heavy atom. The van der Waals surface area contributed by atoms with Crippen molar-refractivity contribution in [1.29, 1.82) is 5.41 Å². The predicted molar refractivity (Wildman–Crippen MR) is 118 cm³/mol. The number of halogens is 3. The van der Waals surface area contributed by atoms with E-state index in [0.29, 0.717) is 19.6 Å². The van der Waals surface area contributed by atoms with E-state index in [1.54, 1.807) is 42.7 Å². The van der Waals surface area contributed by atoms with Crippen LogP contribution in [0.5, 0.6) is 0 Å². The lowest BCUT2D eigenvalue weighted by molar-refractivity contribution is 0.0133. The number of ether oxygens (including phenoxy) is 1. The van der Waals surface area contributed by atoms with E-state index in [9.17, 15) is 13.6 Å². The summed E-state index contributed by atoms with van der Waals surface area (Å²) in [6.07, 6.45) is -0.408. The minimum absolute atomic E-state index is 0.0302. The fraction of sp³-hybridized carbons (Fsp3) is 0.391. The molecule has 1 aliphatic rings. The summed E-state index contributed by atoms with van der Waals surface area (Å²) < 4.78 is 34.5. The van der Waals surface area contributed by atoms with E-state index in [2.05, 4.69) is 0 Å². The highest BCUT2D eigenvalue weighted by molar-refractivity contribution is 6.33. The lowest BCUT2D eigenvalue weighted by Crippen LogP contribution is -2.56. The van der Waals surface area contributed by atoms with Crippen molar-refractivity contribution >= 4 is 23.5 Å². The molecule has 0 aromatic heterocycles. The fourth-order valence-corrected chi connectivity index (χ4v) is 3.82. The van der Waals surface area contributed by atoms with Crippen LogP contribution in [0.2, 0.25) is 5.02 Å². The first kappa shape index (κ1) is 23.0. The molecule has 31 heavy (non-hydrogen) atoms. The smallest absolute Gasteiger partial charge is 0.410 e. The molecule has 1 N–H and O–H groups in total. The minimum Gasteiger partial charge on any atom is -0.444 e. The van der Waals surface area contributed by atoms with E-state index < -0.39 is 23.3 Å². The van der Waals surface area contributed by atoms with Crippen LogP contribution in [0.4, 0.5) is 13.6 Å². The molecule has 1 atom stereocenters. The summed E-state index contributed by atoms with van der Waals surface area (Å²) in [5.41, 5.74) is -0.132. The number of piperazine rings is 1. The van der Waals surface area contributed by atoms with Gasteiger partial charge in [-0.2, -0.15) is 0 Å². The van der Waals surface area contributed by atoms with Crippen molar-refractivity contribution in [3.63, 3.8) is 0 Å². The molecule has 0 aliphatic carbocycles. The molecule has 1 amide bonds. The molecule has 8 heteroatoms. The Hall–Kier alpha value is -2.67. The second-order valence-electron chi connectivity index (χ2n) is 8.61. The lowest BCUT2D eigenvalue weighted by atomic mass is 10.0. The van der Waals surface area contributed by atoms with E-state index in [-0.39, 0.29) is 33.6 Å². The largest absolute Gasteiger partial charge is 0.444 e. The molecule has 2 aromatic carbocycles. The average Bonchev–Trinajstić information content (AvgIpc) is 2.68. The SMILES string of the molecule is CC1CN(C(=O)OC(C)(C)C)CCN1C(=N)c1cc(Cl)c(-c2ccccc2F)cc1F. The molecule has 0 spiro atoms. The Bertz CT molecular complexity index is 1010. The van der Waals surface area contributed by atoms with Gasteiger partial charge in [-0.1, -0.05) is 29.8 Å². The molecule has 1 aliphatic heterocycles. The molecule has 166 valence electrons. The molecule has 1 heterocycles. The highest BCUT2D eigenvalue weighted by atomic mass is 35.5. The van der Waals surface area contributed by atoms with E-state index in [0.717, 1.165) is 6.07 Å². The number of hydrogen-bond acceptors (Lipinski definition) is 3. The Morgan fingerprint density at radius 2 is 1.81 bits per heavy atom. The first-order valence-corrected chi connectivity index (χ1v) is 10.4. The third kappa shape index (κ3) is 5.15. The van der Waals surface area contributed by atoms with Crippen LogP contribution in [0.15, 0.2) is 36.4 Å². The summed E-state index contributed by atoms with van der Waals surface area (Å²) in [7, 11) is 0. The average molecular weight is 450 g/mol. The van der Waals surface area contributed by atoms with Crippen LogP contribution in [0, 0.1) is 17.0 Å². The zero-order chi connectivity index (χ0) is 22.9. The van der Waals surface area contributed by atoms with Gasteiger partial charge in [-0.15, -0.1) is 0 Å². The maximum absolute atomic E-state index is 14.9. The second-order valence-corrected chi connectivity index (χ2v) is 9.02. The topological polar surface area (TPSA) is 56.6 Å². The third-order valence-corrected chi connectivity index (χ3v) is 5.35. The van der Waals surface area contributed by atoms with E-state index in [1.807, 2.05) is 6.92 Å². The first-order valence-electron chi connectivity index (χ1n) is 10.1. The molecule has 1 fully saturated rings. The van der Waals surface area contributed by atoms with Crippen LogP contribution in [0.3, 0.4) is 0 Å². The Labute approximate surface area is 186 Å². The Balaban J connectivity index is 1.79. The number of nitrogens with one attached hydrogen (secondary N) is 1. The molecular formula is C23H26ClF2N3O2. The van der Waals surface area contributed by atoms with Crippen LogP contribution < -0.4 is 0 Å². The maximum atomic E-state index is 14.9. The predicted octanol–water partition coefficient (Wildman–Crippen LogP) is 5.55. The molecule has 5 nitrogen and oxygen atoms in total. The van der Waals surface area contributed by atoms with Gasteiger partial charge in [-0.05, 0) is 45.9 Å². The van der Waals surface area contributed by atoms with Crippen LogP contribution >= 0.6 is 11.6 Å². The van der Waals surface area contributed by atoms with Crippen LogP contribution in [-0.4, -0.2) is 53.0 Å². The third-order valence-electron chi connectivity index (χ3n) is 5.04. The molecule has 1 saturated heterocycles. The van der Waals surface area contributed by atoms with Crippen molar-refractivity contribution in [1.82, 2.24) is 9.80 Å². The van der Waals surface area contributed by atoms with Crippen molar-refractivity contribution in [2.75, 3.05) is 19.6 Å². The van der Waals surface area contributed by atoms with E-state index in [1.165, 1.54) is 18.2 Å². The number of amides is 1. The quantitative estimate of drug-likeness (QED) is 0.483.